The monoisotopic (exact) mass is 247 g/mol. The first-order chi connectivity index (χ1) is 8.59. The van der Waals surface area contributed by atoms with E-state index >= 15 is 0 Å². The van der Waals surface area contributed by atoms with Gasteiger partial charge in [-0.05, 0) is 32.4 Å². The van der Waals surface area contributed by atoms with Gasteiger partial charge in [0.05, 0.1) is 11.8 Å². The molecule has 1 aliphatic heterocycles. The van der Waals surface area contributed by atoms with E-state index < -0.39 is 0 Å². The first kappa shape index (κ1) is 12.6. The molecule has 0 unspecified atom stereocenters. The van der Waals surface area contributed by atoms with Crippen molar-refractivity contribution >= 4 is 17.6 Å². The zero-order chi connectivity index (χ0) is 13.1. The highest BCUT2D eigenvalue weighted by molar-refractivity contribution is 6.05. The smallest absolute Gasteiger partial charge is 0.414 e. The Morgan fingerprint density at radius 3 is 2.78 bits per heavy atom. The van der Waals surface area contributed by atoms with E-state index in [1.807, 2.05) is 26.0 Å². The minimum absolute atomic E-state index is 0.0884. The molecular weight excluding hydrogens is 230 g/mol. The summed E-state index contributed by atoms with van der Waals surface area (Å²) in [6.07, 6.45) is 0.596. The molecule has 0 saturated carbocycles. The molecule has 0 bridgehead atoms. The Labute approximate surface area is 107 Å². The first-order valence-electron chi connectivity index (χ1n) is 6.20. The SMILES string of the molecule is CC(C)OC(=O)N1CCCC(=O)c2ccccc21. The first-order valence-corrected chi connectivity index (χ1v) is 6.20. The van der Waals surface area contributed by atoms with E-state index in [0.717, 1.165) is 0 Å². The summed E-state index contributed by atoms with van der Waals surface area (Å²) in [6.45, 7) is 4.15. The quantitative estimate of drug-likeness (QED) is 0.766. The predicted molar refractivity (Wildman–Crippen MR) is 69.0 cm³/mol. The Hall–Kier alpha value is -1.84. The van der Waals surface area contributed by atoms with Crippen molar-refractivity contribution in [2.24, 2.45) is 0 Å². The van der Waals surface area contributed by atoms with Gasteiger partial charge in [0.15, 0.2) is 5.78 Å². The fraction of sp³-hybridized carbons (Fsp3) is 0.429. The normalized spacial score (nSPS) is 15.3. The van der Waals surface area contributed by atoms with Gasteiger partial charge in [-0.25, -0.2) is 4.79 Å². The Morgan fingerprint density at radius 2 is 2.06 bits per heavy atom. The predicted octanol–water partition coefficient (Wildman–Crippen LogP) is 3.01. The van der Waals surface area contributed by atoms with Gasteiger partial charge >= 0.3 is 6.09 Å². The van der Waals surface area contributed by atoms with Crippen LogP contribution in [0.1, 0.15) is 37.0 Å². The van der Waals surface area contributed by atoms with Crippen molar-refractivity contribution in [1.29, 1.82) is 0 Å². The minimum atomic E-state index is -0.382. The number of fused-ring (bicyclic) bond motifs is 1. The van der Waals surface area contributed by atoms with E-state index in [2.05, 4.69) is 0 Å². The second kappa shape index (κ2) is 5.21. The van der Waals surface area contributed by atoms with Gasteiger partial charge in [0, 0.05) is 18.5 Å². The second-order valence-electron chi connectivity index (χ2n) is 4.63. The van der Waals surface area contributed by atoms with Crippen LogP contribution in [0.3, 0.4) is 0 Å². The fourth-order valence-corrected chi connectivity index (χ4v) is 2.05. The van der Waals surface area contributed by atoms with Crippen molar-refractivity contribution in [3.05, 3.63) is 29.8 Å². The molecule has 2 rings (SSSR count). The number of amides is 1. The Morgan fingerprint density at radius 1 is 1.33 bits per heavy atom. The third-order valence-electron chi connectivity index (χ3n) is 2.84. The lowest BCUT2D eigenvalue weighted by Crippen LogP contribution is -2.33. The van der Waals surface area contributed by atoms with E-state index in [1.54, 1.807) is 17.0 Å². The van der Waals surface area contributed by atoms with E-state index in [4.69, 9.17) is 4.74 Å². The van der Waals surface area contributed by atoms with Crippen LogP contribution in [0, 0.1) is 0 Å². The average molecular weight is 247 g/mol. The van der Waals surface area contributed by atoms with Crippen LogP contribution in [-0.2, 0) is 4.74 Å². The van der Waals surface area contributed by atoms with Crippen molar-refractivity contribution in [3.63, 3.8) is 0 Å². The van der Waals surface area contributed by atoms with Crippen LogP contribution in [0.5, 0.6) is 0 Å². The molecule has 0 saturated heterocycles. The molecular formula is C14H17NO3. The number of ketones is 1. The molecule has 1 amide bonds. The molecule has 0 spiro atoms. The molecule has 0 radical (unpaired) electrons. The highest BCUT2D eigenvalue weighted by atomic mass is 16.6. The summed E-state index contributed by atoms with van der Waals surface area (Å²) < 4.78 is 5.21. The largest absolute Gasteiger partial charge is 0.446 e. The molecule has 0 N–H and O–H groups in total. The summed E-state index contributed by atoms with van der Waals surface area (Å²) in [5, 5.41) is 0. The Kier molecular flexibility index (Phi) is 3.65. The van der Waals surface area contributed by atoms with Gasteiger partial charge in [-0.2, -0.15) is 0 Å². The number of hydrogen-bond donors (Lipinski definition) is 0. The third kappa shape index (κ3) is 2.53. The summed E-state index contributed by atoms with van der Waals surface area (Å²) in [5.74, 6) is 0.0884. The van der Waals surface area contributed by atoms with Crippen molar-refractivity contribution < 1.29 is 14.3 Å². The summed E-state index contributed by atoms with van der Waals surface area (Å²) in [4.78, 5) is 25.5. The summed E-state index contributed by atoms with van der Waals surface area (Å²) >= 11 is 0. The maximum Gasteiger partial charge on any atom is 0.414 e. The third-order valence-corrected chi connectivity index (χ3v) is 2.84. The lowest BCUT2D eigenvalue weighted by molar-refractivity contribution is 0.0983. The minimum Gasteiger partial charge on any atom is -0.446 e. The van der Waals surface area contributed by atoms with Crippen LogP contribution < -0.4 is 4.90 Å². The number of hydrogen-bond acceptors (Lipinski definition) is 3. The molecule has 18 heavy (non-hydrogen) atoms. The molecule has 0 aliphatic carbocycles. The number of nitrogens with zero attached hydrogens (tertiary/aromatic N) is 1. The van der Waals surface area contributed by atoms with Crippen LogP contribution in [0.15, 0.2) is 24.3 Å². The van der Waals surface area contributed by atoms with Gasteiger partial charge in [-0.15, -0.1) is 0 Å². The molecule has 0 atom stereocenters. The topological polar surface area (TPSA) is 46.6 Å². The van der Waals surface area contributed by atoms with Gasteiger partial charge in [-0.1, -0.05) is 12.1 Å². The van der Waals surface area contributed by atoms with Gasteiger partial charge in [0.2, 0.25) is 0 Å². The van der Waals surface area contributed by atoms with Crippen LogP contribution in [0.4, 0.5) is 10.5 Å². The molecule has 1 aliphatic rings. The molecule has 1 aromatic carbocycles. The highest BCUT2D eigenvalue weighted by Crippen LogP contribution is 2.26. The van der Waals surface area contributed by atoms with Crippen LogP contribution >= 0.6 is 0 Å². The molecule has 4 heteroatoms. The van der Waals surface area contributed by atoms with Crippen molar-refractivity contribution in [2.45, 2.75) is 32.8 Å². The van der Waals surface area contributed by atoms with Crippen molar-refractivity contribution in [3.8, 4) is 0 Å². The van der Waals surface area contributed by atoms with E-state index in [9.17, 15) is 9.59 Å². The van der Waals surface area contributed by atoms with E-state index in [1.165, 1.54) is 0 Å². The molecule has 4 nitrogen and oxygen atoms in total. The van der Waals surface area contributed by atoms with Gasteiger partial charge < -0.3 is 4.74 Å². The van der Waals surface area contributed by atoms with Crippen LogP contribution in [0.25, 0.3) is 0 Å². The highest BCUT2D eigenvalue weighted by Gasteiger charge is 2.26. The van der Waals surface area contributed by atoms with Gasteiger partial charge in [0.1, 0.15) is 0 Å². The number of carbonyl (C=O) groups excluding carboxylic acids is 2. The van der Waals surface area contributed by atoms with E-state index in [0.29, 0.717) is 30.6 Å². The Balaban J connectivity index is 2.34. The number of Topliss-reactive ketones (excluding diaryl/α,β-unsaturated/α-hetero) is 1. The van der Waals surface area contributed by atoms with Gasteiger partial charge in [-0.3, -0.25) is 9.69 Å². The van der Waals surface area contributed by atoms with Crippen LogP contribution in [-0.4, -0.2) is 24.5 Å². The van der Waals surface area contributed by atoms with Crippen LogP contribution in [0.2, 0.25) is 0 Å². The molecule has 1 aromatic rings. The van der Waals surface area contributed by atoms with Gasteiger partial charge in [0.25, 0.3) is 0 Å². The number of benzene rings is 1. The molecule has 0 fully saturated rings. The second-order valence-corrected chi connectivity index (χ2v) is 4.63. The molecule has 0 aromatic heterocycles. The number of rotatable bonds is 1. The molecule has 96 valence electrons. The zero-order valence-corrected chi connectivity index (χ0v) is 10.7. The summed E-state index contributed by atoms with van der Waals surface area (Å²) in [5.41, 5.74) is 1.27. The number of ether oxygens (including phenoxy) is 1. The maximum absolute atomic E-state index is 12.0. The summed E-state index contributed by atoms with van der Waals surface area (Å²) in [6, 6.07) is 7.19. The molecule has 1 heterocycles. The van der Waals surface area contributed by atoms with Crippen molar-refractivity contribution in [1.82, 2.24) is 0 Å². The number of anilines is 1. The van der Waals surface area contributed by atoms with Crippen molar-refractivity contribution in [2.75, 3.05) is 11.4 Å². The lowest BCUT2D eigenvalue weighted by Gasteiger charge is -2.22. The standard InChI is InChI=1S/C14H17NO3/c1-10(2)18-14(17)15-9-5-8-13(16)11-6-3-4-7-12(11)15/h3-4,6-7,10H,5,8-9H2,1-2H3. The number of para-hydroxylation sites is 1. The lowest BCUT2D eigenvalue weighted by atomic mass is 10.1. The maximum atomic E-state index is 12.0. The average Bonchev–Trinajstić information content (AvgIpc) is 2.49. The zero-order valence-electron chi connectivity index (χ0n) is 10.7. The Bertz CT molecular complexity index is 468. The summed E-state index contributed by atoms with van der Waals surface area (Å²) in [7, 11) is 0. The fourth-order valence-electron chi connectivity index (χ4n) is 2.05. The van der Waals surface area contributed by atoms with E-state index in [-0.39, 0.29) is 18.0 Å². The number of carbonyl (C=O) groups is 2.